The monoisotopic (exact) mass is 461 g/mol. The molecule has 3 aromatic rings. The van der Waals surface area contributed by atoms with Crippen molar-refractivity contribution in [2.24, 2.45) is 0 Å². The molecule has 3 rings (SSSR count). The summed E-state index contributed by atoms with van der Waals surface area (Å²) in [5, 5.41) is 12.9. The molecule has 0 aliphatic rings. The molecule has 0 atom stereocenters. The van der Waals surface area contributed by atoms with Crippen molar-refractivity contribution in [1.29, 1.82) is 5.26 Å². The van der Waals surface area contributed by atoms with Gasteiger partial charge in [0.1, 0.15) is 11.6 Å². The summed E-state index contributed by atoms with van der Waals surface area (Å²) in [6.07, 6.45) is 1.57. The Balaban J connectivity index is 1.90. The van der Waals surface area contributed by atoms with Crippen LogP contribution >= 0.6 is 11.6 Å². The lowest BCUT2D eigenvalue weighted by atomic mass is 10.1. The molecule has 0 aliphatic heterocycles. The minimum Gasteiger partial charge on any atom is -0.462 e. The minimum atomic E-state index is -0.508. The van der Waals surface area contributed by atoms with Crippen LogP contribution in [0.5, 0.6) is 0 Å². The summed E-state index contributed by atoms with van der Waals surface area (Å²) in [5.41, 5.74) is 5.12. The second-order valence-electron chi connectivity index (χ2n) is 7.47. The molecule has 6 nitrogen and oxygen atoms in total. The molecule has 0 unspecified atom stereocenters. The lowest BCUT2D eigenvalue weighted by Gasteiger charge is -2.11. The molecule has 1 amide bonds. The van der Waals surface area contributed by atoms with Gasteiger partial charge in [0.2, 0.25) is 0 Å². The number of hydrogen-bond acceptors (Lipinski definition) is 4. The van der Waals surface area contributed by atoms with Crippen molar-refractivity contribution in [3.05, 3.63) is 87.2 Å². The Morgan fingerprint density at radius 2 is 1.85 bits per heavy atom. The van der Waals surface area contributed by atoms with Crippen LogP contribution in [0.25, 0.3) is 11.8 Å². The summed E-state index contributed by atoms with van der Waals surface area (Å²) >= 11 is 6.12. The third-order valence-corrected chi connectivity index (χ3v) is 5.70. The number of carbonyl (C=O) groups is 2. The Morgan fingerprint density at radius 1 is 1.15 bits per heavy atom. The maximum Gasteiger partial charge on any atom is 0.338 e. The van der Waals surface area contributed by atoms with Crippen molar-refractivity contribution in [1.82, 2.24) is 4.57 Å². The highest BCUT2D eigenvalue weighted by Crippen LogP contribution is 2.25. The molecule has 1 aromatic heterocycles. The molecule has 0 radical (unpaired) electrons. The van der Waals surface area contributed by atoms with Crippen LogP contribution in [0, 0.1) is 32.1 Å². The van der Waals surface area contributed by atoms with Crippen LogP contribution in [0.1, 0.15) is 39.8 Å². The van der Waals surface area contributed by atoms with Crippen LogP contribution in [0.3, 0.4) is 0 Å². The van der Waals surface area contributed by atoms with E-state index in [0.717, 1.165) is 28.2 Å². The van der Waals surface area contributed by atoms with E-state index in [4.69, 9.17) is 16.3 Å². The van der Waals surface area contributed by atoms with Crippen molar-refractivity contribution >= 4 is 35.2 Å². The number of nitrogens with one attached hydrogen (secondary N) is 1. The number of hydrogen-bond donors (Lipinski definition) is 1. The van der Waals surface area contributed by atoms with Crippen molar-refractivity contribution in [3.8, 4) is 11.8 Å². The summed E-state index contributed by atoms with van der Waals surface area (Å²) in [6.45, 7) is 7.73. The Bertz CT molecular complexity index is 1280. The van der Waals surface area contributed by atoms with Crippen LogP contribution in [-0.4, -0.2) is 23.1 Å². The van der Waals surface area contributed by atoms with Crippen molar-refractivity contribution in [2.45, 2.75) is 27.7 Å². The molecule has 0 spiro atoms. The largest absolute Gasteiger partial charge is 0.462 e. The van der Waals surface area contributed by atoms with Crippen LogP contribution in [0.15, 0.2) is 54.1 Å². The van der Waals surface area contributed by atoms with E-state index in [0.29, 0.717) is 22.9 Å². The molecule has 0 saturated carbocycles. The summed E-state index contributed by atoms with van der Waals surface area (Å²) in [6, 6.07) is 16.2. The van der Waals surface area contributed by atoms with Crippen molar-refractivity contribution in [3.63, 3.8) is 0 Å². The number of halogens is 1. The Morgan fingerprint density at radius 3 is 2.48 bits per heavy atom. The van der Waals surface area contributed by atoms with Gasteiger partial charge in [-0.05, 0) is 87.4 Å². The smallest absolute Gasteiger partial charge is 0.338 e. The number of aryl methyl sites for hydroxylation is 1. The average Bonchev–Trinajstić information content (AvgIpc) is 3.08. The molecule has 168 valence electrons. The van der Waals surface area contributed by atoms with Gasteiger partial charge in [-0.1, -0.05) is 17.7 Å². The molecule has 0 saturated heterocycles. The normalized spacial score (nSPS) is 11.1. The quantitative estimate of drug-likeness (QED) is 0.286. The summed E-state index contributed by atoms with van der Waals surface area (Å²) in [5.74, 6) is -0.875. The van der Waals surface area contributed by atoms with Crippen molar-refractivity contribution < 1.29 is 14.3 Å². The van der Waals surface area contributed by atoms with Crippen LogP contribution in [0.2, 0.25) is 5.02 Å². The fraction of sp³-hybridized carbons (Fsp3) is 0.192. The lowest BCUT2D eigenvalue weighted by molar-refractivity contribution is -0.112. The number of nitriles is 1. The zero-order valence-electron chi connectivity index (χ0n) is 18.9. The minimum absolute atomic E-state index is 0.0210. The number of esters is 1. The average molecular weight is 462 g/mol. The molecule has 2 aromatic carbocycles. The second-order valence-corrected chi connectivity index (χ2v) is 7.87. The number of anilines is 1. The van der Waals surface area contributed by atoms with E-state index in [-0.39, 0.29) is 11.5 Å². The number of nitrogens with zero attached hydrogens (tertiary/aromatic N) is 2. The van der Waals surface area contributed by atoms with Crippen LogP contribution in [0.4, 0.5) is 5.69 Å². The van der Waals surface area contributed by atoms with Gasteiger partial charge in [0.25, 0.3) is 5.91 Å². The third kappa shape index (κ3) is 5.16. The van der Waals surface area contributed by atoms with Gasteiger partial charge in [-0.25, -0.2) is 4.79 Å². The highest BCUT2D eigenvalue weighted by molar-refractivity contribution is 6.31. The molecule has 0 fully saturated rings. The fourth-order valence-corrected chi connectivity index (χ4v) is 3.70. The van der Waals surface area contributed by atoms with Gasteiger partial charge in [-0.2, -0.15) is 5.26 Å². The predicted molar refractivity (Wildman–Crippen MR) is 130 cm³/mol. The van der Waals surface area contributed by atoms with Crippen molar-refractivity contribution in [2.75, 3.05) is 11.9 Å². The zero-order chi connectivity index (χ0) is 24.1. The first kappa shape index (κ1) is 23.8. The van der Waals surface area contributed by atoms with E-state index < -0.39 is 5.91 Å². The standard InChI is InChI=1S/C26H24ClN3O3/c1-5-33-26(32)19-9-11-22(12-10-19)30-16(2)13-20(18(30)4)14-21(15-28)25(31)29-24-8-6-7-23(27)17(24)3/h6-14H,5H2,1-4H3,(H,29,31). The number of rotatable bonds is 6. The maximum atomic E-state index is 12.7. The first-order chi connectivity index (χ1) is 15.8. The number of amides is 1. The Labute approximate surface area is 198 Å². The Hall–Kier alpha value is -3.82. The molecule has 7 heteroatoms. The van der Waals surface area contributed by atoms with Gasteiger partial charge in [0, 0.05) is 27.8 Å². The highest BCUT2D eigenvalue weighted by atomic mass is 35.5. The highest BCUT2D eigenvalue weighted by Gasteiger charge is 2.15. The molecule has 1 heterocycles. The third-order valence-electron chi connectivity index (χ3n) is 5.29. The SMILES string of the molecule is CCOC(=O)c1ccc(-n2c(C)cc(C=C(C#N)C(=O)Nc3cccc(Cl)c3C)c2C)cc1. The van der Waals surface area contributed by atoms with Gasteiger partial charge in [0.05, 0.1) is 12.2 Å². The summed E-state index contributed by atoms with van der Waals surface area (Å²) < 4.78 is 7.03. The lowest BCUT2D eigenvalue weighted by Crippen LogP contribution is -2.14. The Kier molecular flexibility index (Phi) is 7.37. The number of aromatic nitrogens is 1. The van der Waals surface area contributed by atoms with E-state index in [1.807, 2.05) is 42.7 Å². The zero-order valence-corrected chi connectivity index (χ0v) is 19.7. The van der Waals surface area contributed by atoms with E-state index in [1.54, 1.807) is 50.3 Å². The van der Waals surface area contributed by atoms with E-state index in [2.05, 4.69) is 5.32 Å². The van der Waals surface area contributed by atoms with Gasteiger partial charge >= 0.3 is 5.97 Å². The molecule has 0 aliphatic carbocycles. The fourth-order valence-electron chi connectivity index (χ4n) is 3.53. The van der Waals surface area contributed by atoms with Gasteiger partial charge in [-0.15, -0.1) is 0 Å². The van der Waals surface area contributed by atoms with Crippen LogP contribution in [-0.2, 0) is 9.53 Å². The van der Waals surface area contributed by atoms with Crippen LogP contribution < -0.4 is 5.32 Å². The van der Waals surface area contributed by atoms with E-state index in [9.17, 15) is 14.9 Å². The topological polar surface area (TPSA) is 84.1 Å². The van der Waals surface area contributed by atoms with Gasteiger partial charge in [0.15, 0.2) is 0 Å². The first-order valence-electron chi connectivity index (χ1n) is 10.4. The van der Waals surface area contributed by atoms with E-state index >= 15 is 0 Å². The number of benzene rings is 2. The molecular weight excluding hydrogens is 438 g/mol. The van der Waals surface area contributed by atoms with Gasteiger partial charge in [-0.3, -0.25) is 4.79 Å². The van der Waals surface area contributed by atoms with Gasteiger partial charge < -0.3 is 14.6 Å². The number of ether oxygens (including phenoxy) is 1. The molecule has 33 heavy (non-hydrogen) atoms. The van der Waals surface area contributed by atoms with E-state index in [1.165, 1.54) is 0 Å². The molecule has 1 N–H and O–H groups in total. The first-order valence-corrected chi connectivity index (χ1v) is 10.8. The molecule has 0 bridgehead atoms. The summed E-state index contributed by atoms with van der Waals surface area (Å²) in [7, 11) is 0. The number of carbonyl (C=O) groups excluding carboxylic acids is 2. The second kappa shape index (κ2) is 10.2. The summed E-state index contributed by atoms with van der Waals surface area (Å²) in [4.78, 5) is 24.7. The maximum absolute atomic E-state index is 12.7. The predicted octanol–water partition coefficient (Wildman–Crippen LogP) is 5.78. The molecular formula is C26H24ClN3O3.